The van der Waals surface area contributed by atoms with Crippen LogP contribution in [0.2, 0.25) is 36.3 Å². The Kier molecular flexibility index (Phi) is 38.7. The molecule has 0 bridgehead atoms. The van der Waals surface area contributed by atoms with Crippen LogP contribution in [0.5, 0.6) is 0 Å². The number of nitrogens with one attached hydrogen (secondary N) is 4. The van der Waals surface area contributed by atoms with E-state index < -0.39 is 139 Å². The number of ether oxygens (including phenoxy) is 4. The minimum absolute atomic E-state index is 0. The third kappa shape index (κ3) is 24.6. The minimum atomic E-state index is -3.23. The fourth-order valence-corrected chi connectivity index (χ4v) is 22.4. The highest BCUT2D eigenvalue weighted by atomic mass is 32.5. The van der Waals surface area contributed by atoms with Gasteiger partial charge in [-0.05, 0) is 127 Å². The highest BCUT2D eigenvalue weighted by Crippen LogP contribution is 2.55. The topological polar surface area (TPSA) is 492 Å². The maximum atomic E-state index is 13.1. The first kappa shape index (κ1) is 111. The van der Waals surface area contributed by atoms with Gasteiger partial charge in [-0.15, -0.1) is 31.7 Å². The van der Waals surface area contributed by atoms with E-state index in [9.17, 15) is 48.3 Å². The Hall–Kier alpha value is -8.19. The van der Waals surface area contributed by atoms with E-state index in [4.69, 9.17) is 62.2 Å². The van der Waals surface area contributed by atoms with Gasteiger partial charge in [0.05, 0.1) is 57.3 Å². The molecule has 47 heteroatoms. The van der Waals surface area contributed by atoms with Crippen LogP contribution in [-0.2, 0) is 71.4 Å². The van der Waals surface area contributed by atoms with Crippen LogP contribution < -0.4 is 21.8 Å². The van der Waals surface area contributed by atoms with Crippen LogP contribution in [0, 0.1) is 38.5 Å². The average molecular weight is 1970 g/mol. The first-order valence-corrected chi connectivity index (χ1v) is 54.4. The summed E-state index contributed by atoms with van der Waals surface area (Å²) in [5, 5.41) is 25.3. The number of terminal acetylenes is 1. The smallest absolute Gasteiger partial charge is 0.406 e. The van der Waals surface area contributed by atoms with E-state index in [1.54, 1.807) is 95.1 Å². The molecule has 12 heterocycles. The van der Waals surface area contributed by atoms with Crippen molar-refractivity contribution < 1.29 is 89.1 Å². The number of aliphatic hydroxyl groups is 2. The Balaban J connectivity index is 0.000000284. The number of aliphatic hydroxyl groups excluding tert-OH is 2. The van der Waals surface area contributed by atoms with Crippen molar-refractivity contribution in [3.8, 4) is 12.8 Å². The number of carbonyl (C=O) groups is 2. The van der Waals surface area contributed by atoms with Gasteiger partial charge in [0.25, 0.3) is 22.9 Å². The van der Waals surface area contributed by atoms with E-state index in [1.807, 2.05) is 43.7 Å². The lowest BCUT2D eigenvalue weighted by molar-refractivity contribution is -0.0521. The van der Waals surface area contributed by atoms with Gasteiger partial charge < -0.3 is 72.2 Å². The summed E-state index contributed by atoms with van der Waals surface area (Å²) >= 11 is 5.97. The van der Waals surface area contributed by atoms with Gasteiger partial charge in [0.1, 0.15) is 69.2 Å². The van der Waals surface area contributed by atoms with Crippen molar-refractivity contribution in [2.45, 2.75) is 274 Å². The zero-order valence-corrected chi connectivity index (χ0v) is 81.6. The van der Waals surface area contributed by atoms with Crippen molar-refractivity contribution in [1.82, 2.24) is 82.7 Å². The van der Waals surface area contributed by atoms with Gasteiger partial charge in [-0.3, -0.25) is 42.1 Å². The number of carbonyl (C=O) groups excluding carboxylic acids is 2. The molecule has 40 nitrogen and oxygen atoms in total. The quantitative estimate of drug-likeness (QED) is 0.0123. The molecule has 0 radical (unpaired) electrons. The van der Waals surface area contributed by atoms with Crippen molar-refractivity contribution in [1.29, 1.82) is 0 Å². The molecule has 2 amide bonds. The van der Waals surface area contributed by atoms with Crippen LogP contribution in [0.25, 0.3) is 44.7 Å². The molecule has 20 atom stereocenters. The predicted molar refractivity (Wildman–Crippen MR) is 515 cm³/mol. The molecule has 724 valence electrons. The highest BCUT2D eigenvalue weighted by molar-refractivity contribution is 8.09. The molecule has 2 aromatic carbocycles. The van der Waals surface area contributed by atoms with Crippen LogP contribution in [0.4, 0.5) is 11.6 Å². The Labute approximate surface area is 780 Å². The predicted octanol–water partition coefficient (Wildman–Crippen LogP) is 14.7. The molecule has 0 aliphatic carbocycles. The Morgan fingerprint density at radius 3 is 1.31 bits per heavy atom. The molecule has 132 heavy (non-hydrogen) atoms. The molecule has 4 aliphatic rings. The molecule has 4 fully saturated rings. The van der Waals surface area contributed by atoms with E-state index in [0.717, 1.165) is 6.42 Å². The van der Waals surface area contributed by atoms with Crippen molar-refractivity contribution in [3.05, 3.63) is 142 Å². The van der Waals surface area contributed by atoms with Crippen LogP contribution in [-0.4, -0.2) is 237 Å². The van der Waals surface area contributed by atoms with Crippen LogP contribution in [0.3, 0.4) is 0 Å². The minimum Gasteiger partial charge on any atom is -0.406 e. The number of aromatic nitrogens is 16. The summed E-state index contributed by atoms with van der Waals surface area (Å²) in [6, 6.07) is 18.1. The van der Waals surface area contributed by atoms with E-state index in [2.05, 4.69) is 178 Å². The Morgan fingerprint density at radius 2 is 0.924 bits per heavy atom. The number of rotatable bonds is 29. The summed E-state index contributed by atoms with van der Waals surface area (Å²) in [6.07, 6.45) is 6.89. The van der Waals surface area contributed by atoms with Crippen LogP contribution >= 0.6 is 31.3 Å². The summed E-state index contributed by atoms with van der Waals surface area (Å²) in [7, 11) is -12.1. The lowest BCUT2D eigenvalue weighted by Crippen LogP contribution is -2.49. The van der Waals surface area contributed by atoms with Gasteiger partial charge in [-0.25, -0.2) is 49.8 Å². The maximum Gasteiger partial charge on any atom is 0.695 e. The molecular formula is C85H131N19O21P4SSi2+2. The molecule has 0 spiro atoms. The van der Waals surface area contributed by atoms with E-state index in [-0.39, 0.29) is 117 Å². The van der Waals surface area contributed by atoms with Crippen molar-refractivity contribution in [2.75, 3.05) is 43.8 Å². The number of hydrogen-bond acceptors (Lipinski definition) is 31. The number of anilines is 2. The maximum absolute atomic E-state index is 13.1. The zero-order chi connectivity index (χ0) is 93.7. The molecular weight excluding hydrogens is 1840 g/mol. The number of nitrogens with zero attached hydrogens (tertiary/aromatic N) is 15. The Bertz CT molecular complexity index is 5760. The van der Waals surface area contributed by atoms with Crippen molar-refractivity contribution in [3.63, 3.8) is 0 Å². The van der Waals surface area contributed by atoms with E-state index in [0.29, 0.717) is 62.8 Å². The number of hydrogen-bond donors (Lipinski definition) is 8. The monoisotopic (exact) mass is 1970 g/mol. The third-order valence-corrected chi connectivity index (χ3v) is 37.3. The number of imidazole rings is 4. The summed E-state index contributed by atoms with van der Waals surface area (Å²) in [5.41, 5.74) is 2.70. The van der Waals surface area contributed by atoms with Gasteiger partial charge >= 0.3 is 16.5 Å². The normalized spacial score (nSPS) is 24.1. The fraction of sp³-hybridized carbons (Fsp3) is 0.576. The summed E-state index contributed by atoms with van der Waals surface area (Å²) in [4.78, 5) is 120. The summed E-state index contributed by atoms with van der Waals surface area (Å²) < 4.78 is 103. The van der Waals surface area contributed by atoms with E-state index in [1.165, 1.54) is 31.6 Å². The molecule has 8 unspecified atom stereocenters. The van der Waals surface area contributed by atoms with Gasteiger partial charge in [0.2, 0.25) is 0 Å². The molecule has 8 aromatic heterocycles. The first-order chi connectivity index (χ1) is 60.4. The Morgan fingerprint density at radius 1 is 0.568 bits per heavy atom. The molecule has 14 rings (SSSR count). The van der Waals surface area contributed by atoms with Crippen LogP contribution in [0.15, 0.2) is 108 Å². The summed E-state index contributed by atoms with van der Waals surface area (Å²) in [5.74, 6) is 0.381. The second-order valence-electron chi connectivity index (χ2n) is 35.0. The number of H-pyrrole nitrogens is 2. The number of fused-ring (bicyclic) bond motifs is 4. The molecule has 4 aliphatic heterocycles. The third-order valence-electron chi connectivity index (χ3n) is 23.5. The van der Waals surface area contributed by atoms with Gasteiger partial charge in [-0.1, -0.05) is 128 Å². The highest BCUT2D eigenvalue weighted by Gasteiger charge is 2.58. The molecule has 0 saturated carbocycles. The molecule has 4 saturated heterocycles. The summed E-state index contributed by atoms with van der Waals surface area (Å²) in [6.45, 7) is 38.4. The zero-order valence-electron chi connectivity index (χ0n) is 75.2. The van der Waals surface area contributed by atoms with Crippen LogP contribution in [0.1, 0.15) is 183 Å². The van der Waals surface area contributed by atoms with Gasteiger partial charge in [-0.2, -0.15) is 0 Å². The van der Waals surface area contributed by atoms with Gasteiger partial charge in [0, 0.05) is 50.8 Å². The SMILES string of the molecule is C.C.C.C.C#C.CC(C)(C)[Si](C)(C)OC1[C@@H](O[P+](=O)O)[C@@H](CO)O[C@H]1n1cnc2c(NC(=O)c3ccccc3)ncnc21.CC[C@H]1O[C@@H](n2cnc3c(=O)[nH]c(C)nc32)C(OP(C)N(C(C)C)C(C)C)[C@H]1C.Cc1nc2c(ncn2[C@@H]2O[C@H](CO)[C@H](C)C2OP(C)(=S)OC[C@H]2O[C@@H](n3cnc4c(NC(=O)c5ccccc5)ncnc43)C(O[Si](C)(C)C(C)(C)C)[C@H]2O[P+](=O)O)c(=O)[nH]1. The standard InChI is InChI=1S/C36H47N9O11P2SSi.C23H30N5O7PSi.C20H34N5O3P.C2H2.4CH4/c1-19-22(14-46)52-34(45-18-40-25-31(45)41-20(2)42-33(25)48)26(19)55-58(6,59)51-15-23-27(54-57(49)50)28(56-60(7,8)36(3,4)5)35(53-23)44-17-39-24-29(37-16-38-30(24)44)43-32(47)21-12-10-9-11-13-21;1-23(2,3)37(4,5)35-18-17(34-36(31)32)15(11-29)33-22(18)28-13-26-16-19(24-12-25-20(16)28)27-21(30)14-9-7-6-8-10-14;1-9-15-13(6)17(28-29(8)25(11(2)3)12(4)5)20(27-15)24-10-21-16-18(24)22-14(7)23-19(16)26;1-2;;;;/h9-13,16-19,22-23,26-28,34-35,46H,14-15H2,1-8H3,(H2-,37,38,41,42,43,47,48,49,50);6-10,12-13,15,17-18,22,29H,11H2,1-5H3,(H-,24,25,27,30,31,32);10-13,15,17,20H,9H2,1-8H3,(H,22,23,26);1-2H;4*1H4/p+2/t19-,22+,23+,26?,27-,28?,34+,35+,58?;15-,17+,18?,22-;13-,15+,17?,20+,29?;;;;;/m010...../s1. The van der Waals surface area contributed by atoms with Crippen molar-refractivity contribution >= 4 is 128 Å². The largest absolute Gasteiger partial charge is 0.695 e. The molecule has 8 N–H and O–H groups in total. The fourth-order valence-electron chi connectivity index (χ4n) is 15.2. The second kappa shape index (κ2) is 46.1. The number of benzene rings is 2. The number of aromatic amines is 2. The lowest BCUT2D eigenvalue weighted by atomic mass is 9.99. The number of aryl methyl sites for hydroxylation is 2. The molecule has 10 aromatic rings. The second-order valence-corrected chi connectivity index (χ2v) is 51.5. The van der Waals surface area contributed by atoms with Gasteiger partial charge in [0.15, 0.2) is 117 Å². The van der Waals surface area contributed by atoms with Crippen molar-refractivity contribution in [2.24, 2.45) is 11.8 Å². The first-order valence-electron chi connectivity index (χ1n) is 41.6. The number of amides is 2. The van der Waals surface area contributed by atoms with E-state index >= 15 is 0 Å². The average Bonchev–Trinajstić information content (AvgIpc) is 1.14. The lowest BCUT2D eigenvalue weighted by Gasteiger charge is -2.40.